The minimum atomic E-state index is -0.971. The maximum Gasteiger partial charge on any atom is 0.335 e. The number of aliphatic hydroxyl groups excluding tert-OH is 1. The van der Waals surface area contributed by atoms with Crippen molar-refractivity contribution >= 4 is 5.97 Å². The summed E-state index contributed by atoms with van der Waals surface area (Å²) in [5, 5.41) is 18.6. The van der Waals surface area contributed by atoms with Crippen LogP contribution >= 0.6 is 0 Å². The molecule has 2 unspecified atom stereocenters. The Balaban J connectivity index is 2.19. The first-order valence-electron chi connectivity index (χ1n) is 5.76. The maximum absolute atomic E-state index is 10.9. The highest BCUT2D eigenvalue weighted by molar-refractivity contribution is 5.88. The molecule has 4 heteroatoms. The number of aromatic carboxylic acids is 1. The molecule has 2 N–H and O–H groups in total. The van der Waals surface area contributed by atoms with Crippen LogP contribution in [-0.2, 0) is 0 Å². The van der Waals surface area contributed by atoms with E-state index in [0.29, 0.717) is 5.75 Å². The second-order valence-electron chi connectivity index (χ2n) is 4.44. The number of rotatable bonds is 3. The molecule has 1 fully saturated rings. The Bertz CT molecular complexity index is 427. The van der Waals surface area contributed by atoms with Gasteiger partial charge in [-0.2, -0.15) is 0 Å². The highest BCUT2D eigenvalue weighted by Crippen LogP contribution is 2.27. The summed E-state index contributed by atoms with van der Waals surface area (Å²) >= 11 is 0. The molecule has 0 heterocycles. The van der Waals surface area contributed by atoms with Gasteiger partial charge in [-0.25, -0.2) is 4.79 Å². The topological polar surface area (TPSA) is 66.8 Å². The third-order valence-electron chi connectivity index (χ3n) is 3.13. The van der Waals surface area contributed by atoms with Gasteiger partial charge >= 0.3 is 5.97 Å². The molecule has 0 radical (unpaired) electrons. The van der Waals surface area contributed by atoms with Gasteiger partial charge < -0.3 is 14.9 Å². The van der Waals surface area contributed by atoms with Crippen molar-refractivity contribution in [3.63, 3.8) is 0 Å². The first kappa shape index (κ1) is 11.9. The van der Waals surface area contributed by atoms with Crippen LogP contribution in [0.4, 0.5) is 0 Å². The van der Waals surface area contributed by atoms with E-state index in [9.17, 15) is 9.90 Å². The number of aryl methyl sites for hydroxylation is 1. The monoisotopic (exact) mass is 236 g/mol. The molecule has 1 aromatic rings. The van der Waals surface area contributed by atoms with Crippen molar-refractivity contribution in [1.29, 1.82) is 0 Å². The van der Waals surface area contributed by atoms with Crippen LogP contribution in [0.25, 0.3) is 0 Å². The molecular weight excluding hydrogens is 220 g/mol. The van der Waals surface area contributed by atoms with Gasteiger partial charge in [0.1, 0.15) is 11.9 Å². The minimum Gasteiger partial charge on any atom is -0.487 e. The van der Waals surface area contributed by atoms with E-state index in [1.807, 2.05) is 6.92 Å². The lowest BCUT2D eigenvalue weighted by molar-refractivity contribution is 0.0596. The number of benzene rings is 1. The summed E-state index contributed by atoms with van der Waals surface area (Å²) < 4.78 is 5.70. The average Bonchev–Trinajstić information content (AvgIpc) is 2.67. The summed E-state index contributed by atoms with van der Waals surface area (Å²) in [5.41, 5.74) is 1.09. The highest BCUT2D eigenvalue weighted by Gasteiger charge is 2.27. The molecule has 0 aliphatic heterocycles. The second-order valence-corrected chi connectivity index (χ2v) is 4.44. The largest absolute Gasteiger partial charge is 0.487 e. The van der Waals surface area contributed by atoms with Gasteiger partial charge in [0.05, 0.1) is 11.7 Å². The molecule has 0 amide bonds. The number of carboxylic acid groups (broad SMARTS) is 1. The summed E-state index contributed by atoms with van der Waals surface area (Å²) in [6, 6.07) is 4.79. The molecule has 1 aliphatic rings. The van der Waals surface area contributed by atoms with Gasteiger partial charge in [-0.05, 0) is 43.9 Å². The number of hydrogen-bond acceptors (Lipinski definition) is 3. The number of aliphatic hydroxyl groups is 1. The van der Waals surface area contributed by atoms with Crippen LogP contribution in [0.3, 0.4) is 0 Å². The summed E-state index contributed by atoms with van der Waals surface area (Å²) in [7, 11) is 0. The van der Waals surface area contributed by atoms with E-state index in [-0.39, 0.29) is 11.7 Å². The van der Waals surface area contributed by atoms with Crippen LogP contribution in [0.5, 0.6) is 5.75 Å². The maximum atomic E-state index is 10.9. The van der Waals surface area contributed by atoms with Crippen LogP contribution in [0.15, 0.2) is 18.2 Å². The zero-order chi connectivity index (χ0) is 12.4. The van der Waals surface area contributed by atoms with Crippen molar-refractivity contribution in [2.24, 2.45) is 0 Å². The quantitative estimate of drug-likeness (QED) is 0.842. The summed E-state index contributed by atoms with van der Waals surface area (Å²) in [6.45, 7) is 1.86. The first-order chi connectivity index (χ1) is 8.08. The summed E-state index contributed by atoms with van der Waals surface area (Å²) in [6.07, 6.45) is 1.87. The van der Waals surface area contributed by atoms with E-state index < -0.39 is 12.1 Å². The Labute approximate surface area is 99.8 Å². The molecule has 92 valence electrons. The third-order valence-corrected chi connectivity index (χ3v) is 3.13. The SMILES string of the molecule is Cc1ccc(C(=O)O)cc1OC1CCCC1O. The molecule has 0 spiro atoms. The van der Waals surface area contributed by atoms with Gasteiger partial charge in [0.25, 0.3) is 0 Å². The molecule has 1 aromatic carbocycles. The Morgan fingerprint density at radius 1 is 1.41 bits per heavy atom. The van der Waals surface area contributed by atoms with E-state index >= 15 is 0 Å². The predicted molar refractivity (Wildman–Crippen MR) is 62.4 cm³/mol. The van der Waals surface area contributed by atoms with Gasteiger partial charge in [-0.15, -0.1) is 0 Å². The summed E-state index contributed by atoms with van der Waals surface area (Å²) in [5.74, 6) is -0.419. The minimum absolute atomic E-state index is 0.207. The number of ether oxygens (including phenoxy) is 1. The first-order valence-corrected chi connectivity index (χ1v) is 5.76. The number of hydrogen-bond donors (Lipinski definition) is 2. The van der Waals surface area contributed by atoms with Crippen LogP contribution in [-0.4, -0.2) is 28.4 Å². The number of carbonyl (C=O) groups is 1. The molecule has 2 rings (SSSR count). The number of carboxylic acids is 1. The standard InChI is InChI=1S/C13H16O4/c1-8-5-6-9(13(15)16)7-12(8)17-11-4-2-3-10(11)14/h5-7,10-11,14H,2-4H2,1H3,(H,15,16). The van der Waals surface area contributed by atoms with Gasteiger partial charge in [-0.3, -0.25) is 0 Å². The fraction of sp³-hybridized carbons (Fsp3) is 0.462. The molecule has 2 atom stereocenters. The van der Waals surface area contributed by atoms with Crippen molar-refractivity contribution in [3.8, 4) is 5.75 Å². The Morgan fingerprint density at radius 3 is 2.76 bits per heavy atom. The predicted octanol–water partition coefficient (Wildman–Crippen LogP) is 1.99. The molecule has 1 aliphatic carbocycles. The molecule has 17 heavy (non-hydrogen) atoms. The van der Waals surface area contributed by atoms with Crippen molar-refractivity contribution < 1.29 is 19.7 Å². The van der Waals surface area contributed by atoms with Crippen molar-refractivity contribution in [2.75, 3.05) is 0 Å². The van der Waals surface area contributed by atoms with E-state index in [1.165, 1.54) is 6.07 Å². The zero-order valence-electron chi connectivity index (χ0n) is 9.72. The average molecular weight is 236 g/mol. The van der Waals surface area contributed by atoms with Gasteiger partial charge in [-0.1, -0.05) is 6.07 Å². The summed E-state index contributed by atoms with van der Waals surface area (Å²) in [4.78, 5) is 10.9. The fourth-order valence-corrected chi connectivity index (χ4v) is 2.07. The molecular formula is C13H16O4. The van der Waals surface area contributed by atoms with E-state index in [2.05, 4.69) is 0 Å². The van der Waals surface area contributed by atoms with E-state index in [0.717, 1.165) is 24.8 Å². The lowest BCUT2D eigenvalue weighted by Crippen LogP contribution is -2.26. The smallest absolute Gasteiger partial charge is 0.335 e. The normalized spacial score (nSPS) is 23.6. The van der Waals surface area contributed by atoms with E-state index in [1.54, 1.807) is 12.1 Å². The Kier molecular flexibility index (Phi) is 3.33. The Morgan fingerprint density at radius 2 is 2.18 bits per heavy atom. The van der Waals surface area contributed by atoms with E-state index in [4.69, 9.17) is 9.84 Å². The lowest BCUT2D eigenvalue weighted by atomic mass is 10.1. The highest BCUT2D eigenvalue weighted by atomic mass is 16.5. The van der Waals surface area contributed by atoms with Crippen LogP contribution < -0.4 is 4.74 Å². The second kappa shape index (κ2) is 4.75. The third kappa shape index (κ3) is 2.58. The van der Waals surface area contributed by atoms with Crippen LogP contribution in [0.2, 0.25) is 0 Å². The van der Waals surface area contributed by atoms with Crippen molar-refractivity contribution in [1.82, 2.24) is 0 Å². The van der Waals surface area contributed by atoms with Crippen molar-refractivity contribution in [2.45, 2.75) is 38.4 Å². The fourth-order valence-electron chi connectivity index (χ4n) is 2.07. The molecule has 4 nitrogen and oxygen atoms in total. The Hall–Kier alpha value is -1.55. The molecule has 0 saturated heterocycles. The zero-order valence-corrected chi connectivity index (χ0v) is 9.72. The lowest BCUT2D eigenvalue weighted by Gasteiger charge is -2.18. The van der Waals surface area contributed by atoms with Gasteiger partial charge in [0.15, 0.2) is 0 Å². The van der Waals surface area contributed by atoms with Gasteiger partial charge in [0, 0.05) is 0 Å². The van der Waals surface area contributed by atoms with Crippen LogP contribution in [0, 0.1) is 6.92 Å². The van der Waals surface area contributed by atoms with Crippen molar-refractivity contribution in [3.05, 3.63) is 29.3 Å². The molecule has 1 saturated carbocycles. The van der Waals surface area contributed by atoms with Crippen LogP contribution in [0.1, 0.15) is 35.2 Å². The molecule has 0 aromatic heterocycles. The molecule has 0 bridgehead atoms. The van der Waals surface area contributed by atoms with Gasteiger partial charge in [0.2, 0.25) is 0 Å².